The van der Waals surface area contributed by atoms with Crippen molar-refractivity contribution in [1.82, 2.24) is 4.72 Å². The van der Waals surface area contributed by atoms with Gasteiger partial charge in [-0.1, -0.05) is 11.8 Å². The Kier molecular flexibility index (Phi) is 4.40. The molecule has 1 fully saturated rings. The van der Waals surface area contributed by atoms with Gasteiger partial charge in [0.2, 0.25) is 10.0 Å². The summed E-state index contributed by atoms with van der Waals surface area (Å²) in [6, 6.07) is 3.78. The van der Waals surface area contributed by atoms with Gasteiger partial charge in [-0.15, -0.1) is 11.3 Å². The summed E-state index contributed by atoms with van der Waals surface area (Å²) in [5.74, 6) is 6.34. The lowest BCUT2D eigenvalue weighted by Gasteiger charge is -2.03. The molecular formula is C12H16N2O2S2. The fourth-order valence-electron chi connectivity index (χ4n) is 1.51. The lowest BCUT2D eigenvalue weighted by Crippen LogP contribution is -2.26. The van der Waals surface area contributed by atoms with Crippen LogP contribution in [0.2, 0.25) is 0 Å². The Balaban J connectivity index is 1.87. The van der Waals surface area contributed by atoms with Gasteiger partial charge in [0.15, 0.2) is 0 Å². The van der Waals surface area contributed by atoms with Gasteiger partial charge in [-0.25, -0.2) is 13.1 Å². The SMILES string of the molecule is NCC#Cc1ccc(CNS(=O)(=O)CC2CC2)s1. The van der Waals surface area contributed by atoms with Crippen molar-refractivity contribution in [3.63, 3.8) is 0 Å². The number of thiophene rings is 1. The lowest BCUT2D eigenvalue weighted by atomic mass is 10.4. The van der Waals surface area contributed by atoms with E-state index in [0.717, 1.165) is 22.6 Å². The minimum absolute atomic E-state index is 0.262. The second-order valence-electron chi connectivity index (χ2n) is 4.32. The molecule has 0 aromatic carbocycles. The van der Waals surface area contributed by atoms with Crippen LogP contribution in [0.3, 0.4) is 0 Å². The monoisotopic (exact) mass is 284 g/mol. The standard InChI is InChI=1S/C12H16N2O2S2/c13-7-1-2-11-5-6-12(17-11)8-14-18(15,16)9-10-3-4-10/h5-6,10,14H,3-4,7-9,13H2. The first kappa shape index (κ1) is 13.6. The summed E-state index contributed by atoms with van der Waals surface area (Å²) < 4.78 is 26.0. The first-order chi connectivity index (χ1) is 8.59. The number of hydrogen-bond donors (Lipinski definition) is 2. The molecule has 2 rings (SSSR count). The molecule has 1 aromatic heterocycles. The molecule has 0 aliphatic heterocycles. The number of hydrogen-bond acceptors (Lipinski definition) is 4. The first-order valence-electron chi connectivity index (χ1n) is 5.84. The largest absolute Gasteiger partial charge is 0.320 e. The van der Waals surface area contributed by atoms with Crippen LogP contribution in [0.25, 0.3) is 0 Å². The van der Waals surface area contributed by atoms with E-state index in [2.05, 4.69) is 16.6 Å². The van der Waals surface area contributed by atoms with Crippen molar-refractivity contribution in [2.24, 2.45) is 11.7 Å². The molecule has 0 bridgehead atoms. The van der Waals surface area contributed by atoms with E-state index in [1.54, 1.807) is 0 Å². The van der Waals surface area contributed by atoms with Crippen LogP contribution in [0.5, 0.6) is 0 Å². The van der Waals surface area contributed by atoms with Crippen LogP contribution in [-0.4, -0.2) is 20.7 Å². The van der Waals surface area contributed by atoms with E-state index < -0.39 is 10.0 Å². The van der Waals surface area contributed by atoms with E-state index in [1.165, 1.54) is 11.3 Å². The zero-order valence-electron chi connectivity index (χ0n) is 9.98. The maximum absolute atomic E-state index is 11.7. The number of rotatable bonds is 5. The molecule has 1 aliphatic carbocycles. The molecule has 0 atom stereocenters. The van der Waals surface area contributed by atoms with Crippen LogP contribution < -0.4 is 10.5 Å². The third kappa shape index (κ3) is 4.42. The topological polar surface area (TPSA) is 72.2 Å². The maximum Gasteiger partial charge on any atom is 0.212 e. The summed E-state index contributed by atoms with van der Waals surface area (Å²) in [6.07, 6.45) is 2.08. The minimum atomic E-state index is -3.12. The van der Waals surface area contributed by atoms with E-state index in [1.807, 2.05) is 12.1 Å². The predicted molar refractivity (Wildman–Crippen MR) is 73.6 cm³/mol. The highest BCUT2D eigenvalue weighted by molar-refractivity contribution is 7.89. The van der Waals surface area contributed by atoms with E-state index in [0.29, 0.717) is 19.0 Å². The van der Waals surface area contributed by atoms with Gasteiger partial charge in [-0.2, -0.15) is 0 Å². The molecule has 4 nitrogen and oxygen atoms in total. The molecule has 0 saturated heterocycles. The molecule has 0 unspecified atom stereocenters. The molecule has 98 valence electrons. The Bertz CT molecular complexity index is 562. The average molecular weight is 284 g/mol. The van der Waals surface area contributed by atoms with Gasteiger partial charge in [0, 0.05) is 11.4 Å². The molecule has 6 heteroatoms. The Hall–Kier alpha value is -0.870. The highest BCUT2D eigenvalue weighted by Gasteiger charge is 2.27. The van der Waals surface area contributed by atoms with Crippen molar-refractivity contribution < 1.29 is 8.42 Å². The van der Waals surface area contributed by atoms with Crippen LogP contribution in [0.15, 0.2) is 12.1 Å². The van der Waals surface area contributed by atoms with Gasteiger partial charge in [0.1, 0.15) is 0 Å². The molecule has 1 heterocycles. The fourth-order valence-corrected chi connectivity index (χ4v) is 3.87. The second-order valence-corrected chi connectivity index (χ2v) is 7.34. The summed E-state index contributed by atoms with van der Waals surface area (Å²) in [4.78, 5) is 1.88. The average Bonchev–Trinajstić information content (AvgIpc) is 3.00. The van der Waals surface area contributed by atoms with Crippen molar-refractivity contribution in [2.75, 3.05) is 12.3 Å². The van der Waals surface area contributed by atoms with Crippen LogP contribution in [0, 0.1) is 17.8 Å². The zero-order chi connectivity index (χ0) is 13.0. The molecule has 3 N–H and O–H groups in total. The van der Waals surface area contributed by atoms with Crippen LogP contribution in [0.4, 0.5) is 0 Å². The molecule has 18 heavy (non-hydrogen) atoms. The summed E-state index contributed by atoms with van der Waals surface area (Å²) in [7, 11) is -3.12. The van der Waals surface area contributed by atoms with Gasteiger partial charge < -0.3 is 5.73 Å². The molecule has 0 radical (unpaired) electrons. The van der Waals surface area contributed by atoms with Crippen molar-refractivity contribution >= 4 is 21.4 Å². The zero-order valence-corrected chi connectivity index (χ0v) is 11.6. The molecule has 1 saturated carbocycles. The van der Waals surface area contributed by atoms with Crippen LogP contribution in [-0.2, 0) is 16.6 Å². The van der Waals surface area contributed by atoms with E-state index in [9.17, 15) is 8.42 Å². The third-order valence-corrected chi connectivity index (χ3v) is 5.09. The Morgan fingerprint density at radius 2 is 2.22 bits per heavy atom. The van der Waals surface area contributed by atoms with Crippen molar-refractivity contribution in [3.8, 4) is 11.8 Å². The summed E-state index contributed by atoms with van der Waals surface area (Å²) in [6.45, 7) is 0.686. The molecular weight excluding hydrogens is 268 g/mol. The van der Waals surface area contributed by atoms with E-state index in [4.69, 9.17) is 5.73 Å². The van der Waals surface area contributed by atoms with Crippen molar-refractivity contribution in [1.29, 1.82) is 0 Å². The first-order valence-corrected chi connectivity index (χ1v) is 8.31. The molecule has 1 aromatic rings. The number of nitrogens with two attached hydrogens (primary N) is 1. The van der Waals surface area contributed by atoms with Crippen LogP contribution >= 0.6 is 11.3 Å². The highest BCUT2D eigenvalue weighted by Crippen LogP contribution is 2.30. The molecule has 0 amide bonds. The quantitative estimate of drug-likeness (QED) is 0.789. The normalized spacial score (nSPS) is 15.2. The number of sulfonamides is 1. The highest BCUT2D eigenvalue weighted by atomic mass is 32.2. The van der Waals surface area contributed by atoms with Crippen molar-refractivity contribution in [2.45, 2.75) is 19.4 Å². The molecule has 0 spiro atoms. The van der Waals surface area contributed by atoms with E-state index >= 15 is 0 Å². The van der Waals surface area contributed by atoms with Gasteiger partial charge in [-0.05, 0) is 30.9 Å². The fraction of sp³-hybridized carbons (Fsp3) is 0.500. The Morgan fingerprint density at radius 3 is 2.89 bits per heavy atom. The third-order valence-electron chi connectivity index (χ3n) is 2.59. The van der Waals surface area contributed by atoms with E-state index in [-0.39, 0.29) is 5.75 Å². The minimum Gasteiger partial charge on any atom is -0.320 e. The number of nitrogens with one attached hydrogen (secondary N) is 1. The van der Waals surface area contributed by atoms with Gasteiger partial charge >= 0.3 is 0 Å². The second kappa shape index (κ2) is 5.85. The Labute approximate surface area is 112 Å². The Morgan fingerprint density at radius 1 is 1.44 bits per heavy atom. The van der Waals surface area contributed by atoms with Gasteiger partial charge in [-0.3, -0.25) is 0 Å². The van der Waals surface area contributed by atoms with Gasteiger partial charge in [0.25, 0.3) is 0 Å². The molecule has 1 aliphatic rings. The summed E-state index contributed by atoms with van der Waals surface area (Å²) >= 11 is 1.49. The summed E-state index contributed by atoms with van der Waals surface area (Å²) in [5.41, 5.74) is 5.29. The van der Waals surface area contributed by atoms with Crippen LogP contribution in [0.1, 0.15) is 22.6 Å². The summed E-state index contributed by atoms with van der Waals surface area (Å²) in [5, 5.41) is 0. The smallest absolute Gasteiger partial charge is 0.212 e. The lowest BCUT2D eigenvalue weighted by molar-refractivity contribution is 0.578. The van der Waals surface area contributed by atoms with Crippen molar-refractivity contribution in [3.05, 3.63) is 21.9 Å². The predicted octanol–water partition coefficient (Wildman–Crippen LogP) is 0.888. The van der Waals surface area contributed by atoms with Gasteiger partial charge in [0.05, 0.1) is 17.2 Å². The maximum atomic E-state index is 11.7.